The number of benzene rings is 2. The van der Waals surface area contributed by atoms with Crippen LogP contribution in [0.2, 0.25) is 0 Å². The molecule has 2 aromatic rings. The minimum absolute atomic E-state index is 0.00121. The van der Waals surface area contributed by atoms with Gasteiger partial charge in [-0.3, -0.25) is 9.59 Å². The van der Waals surface area contributed by atoms with E-state index in [0.717, 1.165) is 38.0 Å². The van der Waals surface area contributed by atoms with Crippen LogP contribution in [0.15, 0.2) is 48.5 Å². The molecular formula is C24H29N3O4. The van der Waals surface area contributed by atoms with Crippen LogP contribution in [0.5, 0.6) is 11.5 Å². The third-order valence-electron chi connectivity index (χ3n) is 5.60. The number of piperidine rings is 1. The summed E-state index contributed by atoms with van der Waals surface area (Å²) >= 11 is 0. The van der Waals surface area contributed by atoms with Gasteiger partial charge < -0.3 is 24.6 Å². The third-order valence-corrected chi connectivity index (χ3v) is 5.60. The van der Waals surface area contributed by atoms with Crippen LogP contribution < -0.4 is 19.7 Å². The number of para-hydroxylation sites is 4. The summed E-state index contributed by atoms with van der Waals surface area (Å²) in [4.78, 5) is 29.7. The van der Waals surface area contributed by atoms with Gasteiger partial charge >= 0.3 is 0 Å². The lowest BCUT2D eigenvalue weighted by Gasteiger charge is -2.38. The zero-order valence-corrected chi connectivity index (χ0v) is 17.9. The number of hydrogen-bond donors (Lipinski definition) is 1. The SMILES string of the molecule is CCOc1ccccc1NC(=O)CN1C[C@H](C(=O)N2CCCCC2)Oc2ccccc21. The zero-order chi connectivity index (χ0) is 21.6. The first kappa shape index (κ1) is 21.0. The van der Waals surface area contributed by atoms with Gasteiger partial charge in [0.2, 0.25) is 5.91 Å². The lowest BCUT2D eigenvalue weighted by atomic mass is 10.1. The third kappa shape index (κ3) is 4.93. The lowest BCUT2D eigenvalue weighted by molar-refractivity contribution is -0.139. The Bertz CT molecular complexity index is 927. The number of rotatable bonds is 6. The van der Waals surface area contributed by atoms with Crippen LogP contribution in [0, 0.1) is 0 Å². The van der Waals surface area contributed by atoms with Gasteiger partial charge in [-0.1, -0.05) is 24.3 Å². The molecule has 2 aliphatic rings. The van der Waals surface area contributed by atoms with E-state index in [-0.39, 0.29) is 18.4 Å². The summed E-state index contributed by atoms with van der Waals surface area (Å²) in [5, 5.41) is 2.94. The lowest BCUT2D eigenvalue weighted by Crippen LogP contribution is -2.52. The smallest absolute Gasteiger partial charge is 0.265 e. The fourth-order valence-corrected chi connectivity index (χ4v) is 4.12. The van der Waals surface area contributed by atoms with Crippen LogP contribution in [-0.4, -0.2) is 55.6 Å². The molecule has 2 amide bonds. The monoisotopic (exact) mass is 423 g/mol. The van der Waals surface area contributed by atoms with Crippen LogP contribution in [0.3, 0.4) is 0 Å². The van der Waals surface area contributed by atoms with E-state index in [1.165, 1.54) is 0 Å². The first-order valence-electron chi connectivity index (χ1n) is 11.0. The summed E-state index contributed by atoms with van der Waals surface area (Å²) in [6.07, 6.45) is 2.60. The van der Waals surface area contributed by atoms with Crippen molar-refractivity contribution in [1.29, 1.82) is 0 Å². The van der Waals surface area contributed by atoms with Gasteiger partial charge in [-0.15, -0.1) is 0 Å². The van der Waals surface area contributed by atoms with E-state index < -0.39 is 6.10 Å². The molecule has 2 aromatic carbocycles. The number of anilines is 2. The van der Waals surface area contributed by atoms with Crippen molar-refractivity contribution in [3.05, 3.63) is 48.5 Å². The molecule has 2 heterocycles. The van der Waals surface area contributed by atoms with E-state index in [4.69, 9.17) is 9.47 Å². The van der Waals surface area contributed by atoms with E-state index >= 15 is 0 Å². The van der Waals surface area contributed by atoms with Crippen molar-refractivity contribution in [1.82, 2.24) is 4.90 Å². The number of carbonyl (C=O) groups excluding carboxylic acids is 2. The molecule has 0 aromatic heterocycles. The Balaban J connectivity index is 1.48. The van der Waals surface area contributed by atoms with Crippen molar-refractivity contribution >= 4 is 23.2 Å². The molecule has 0 bridgehead atoms. The van der Waals surface area contributed by atoms with Crippen molar-refractivity contribution in [2.45, 2.75) is 32.3 Å². The summed E-state index contributed by atoms with van der Waals surface area (Å²) in [6, 6.07) is 14.9. The molecule has 4 rings (SSSR count). The van der Waals surface area contributed by atoms with Gasteiger partial charge in [-0.05, 0) is 50.5 Å². The van der Waals surface area contributed by atoms with Crippen molar-refractivity contribution < 1.29 is 19.1 Å². The normalized spacial score (nSPS) is 18.0. The number of nitrogens with zero attached hydrogens (tertiary/aromatic N) is 2. The second kappa shape index (κ2) is 9.73. The second-order valence-electron chi connectivity index (χ2n) is 7.82. The Hall–Kier alpha value is -3.22. The summed E-state index contributed by atoms with van der Waals surface area (Å²) < 4.78 is 11.6. The molecule has 7 nitrogen and oxygen atoms in total. The minimum atomic E-state index is -0.614. The maximum Gasteiger partial charge on any atom is 0.265 e. The van der Waals surface area contributed by atoms with Gasteiger partial charge in [-0.2, -0.15) is 0 Å². The number of likely N-dealkylation sites (tertiary alicyclic amines) is 1. The zero-order valence-electron chi connectivity index (χ0n) is 17.9. The molecule has 31 heavy (non-hydrogen) atoms. The molecule has 0 radical (unpaired) electrons. The van der Waals surface area contributed by atoms with Crippen LogP contribution in [0.25, 0.3) is 0 Å². The number of fused-ring (bicyclic) bond motifs is 1. The summed E-state index contributed by atoms with van der Waals surface area (Å²) in [7, 11) is 0. The van der Waals surface area contributed by atoms with Gasteiger partial charge in [0.25, 0.3) is 5.91 Å². The Morgan fingerprint density at radius 1 is 1.06 bits per heavy atom. The predicted octanol–water partition coefficient (Wildman–Crippen LogP) is 3.30. The highest BCUT2D eigenvalue weighted by Crippen LogP contribution is 2.34. The van der Waals surface area contributed by atoms with Crippen molar-refractivity contribution in [3.63, 3.8) is 0 Å². The molecule has 164 valence electrons. The van der Waals surface area contributed by atoms with Gasteiger partial charge in [0.1, 0.15) is 11.5 Å². The molecule has 0 unspecified atom stereocenters. The predicted molar refractivity (Wildman–Crippen MR) is 120 cm³/mol. The maximum absolute atomic E-state index is 13.1. The van der Waals surface area contributed by atoms with Crippen LogP contribution in [0.1, 0.15) is 26.2 Å². The average molecular weight is 424 g/mol. The Labute approximate surface area is 182 Å². The fourth-order valence-electron chi connectivity index (χ4n) is 4.12. The molecule has 0 spiro atoms. The average Bonchev–Trinajstić information content (AvgIpc) is 2.80. The molecule has 0 aliphatic carbocycles. The summed E-state index contributed by atoms with van der Waals surface area (Å²) in [5.74, 6) is 1.10. The topological polar surface area (TPSA) is 71.1 Å². The second-order valence-corrected chi connectivity index (χ2v) is 7.82. The number of amides is 2. The molecule has 2 aliphatic heterocycles. The highest BCUT2D eigenvalue weighted by atomic mass is 16.5. The molecule has 1 atom stereocenters. The Morgan fingerprint density at radius 2 is 1.81 bits per heavy atom. The van der Waals surface area contributed by atoms with E-state index in [2.05, 4.69) is 5.32 Å². The Kier molecular flexibility index (Phi) is 6.60. The number of nitrogens with one attached hydrogen (secondary N) is 1. The first-order chi connectivity index (χ1) is 15.2. The van der Waals surface area contributed by atoms with E-state index in [9.17, 15) is 9.59 Å². The van der Waals surface area contributed by atoms with Gasteiger partial charge in [0.15, 0.2) is 6.10 Å². The molecule has 0 saturated carbocycles. The fraction of sp³-hybridized carbons (Fsp3) is 0.417. The Morgan fingerprint density at radius 3 is 2.61 bits per heavy atom. The summed E-state index contributed by atoms with van der Waals surface area (Å²) in [5.41, 5.74) is 1.45. The molecule has 7 heteroatoms. The number of ether oxygens (including phenoxy) is 2. The van der Waals surface area contributed by atoms with Crippen molar-refractivity contribution in [2.75, 3.05) is 43.0 Å². The van der Waals surface area contributed by atoms with Crippen molar-refractivity contribution in [3.8, 4) is 11.5 Å². The van der Waals surface area contributed by atoms with Crippen LogP contribution in [0.4, 0.5) is 11.4 Å². The van der Waals surface area contributed by atoms with Gasteiger partial charge in [0.05, 0.1) is 31.1 Å². The number of hydrogen-bond acceptors (Lipinski definition) is 5. The number of carbonyl (C=O) groups is 2. The van der Waals surface area contributed by atoms with Crippen LogP contribution >= 0.6 is 0 Å². The maximum atomic E-state index is 13.1. The molecule has 1 fully saturated rings. The highest BCUT2D eigenvalue weighted by Gasteiger charge is 2.34. The summed E-state index contributed by atoms with van der Waals surface area (Å²) in [6.45, 7) is 4.42. The van der Waals surface area contributed by atoms with Gasteiger partial charge in [0, 0.05) is 13.1 Å². The highest BCUT2D eigenvalue weighted by molar-refractivity contribution is 5.96. The van der Waals surface area contributed by atoms with Crippen molar-refractivity contribution in [2.24, 2.45) is 0 Å². The van der Waals surface area contributed by atoms with E-state index in [1.54, 1.807) is 0 Å². The standard InChI is InChI=1S/C24H29N3O4/c1-2-30-20-12-6-4-10-18(20)25-23(28)17-27-16-22(24(29)26-14-8-3-9-15-26)31-21-13-7-5-11-19(21)27/h4-7,10-13,22H,2-3,8-9,14-17H2,1H3,(H,25,28)/t22-/m1/s1. The quantitative estimate of drug-likeness (QED) is 0.772. The van der Waals surface area contributed by atoms with Crippen LogP contribution in [-0.2, 0) is 9.59 Å². The molecular weight excluding hydrogens is 394 g/mol. The molecule has 1 saturated heterocycles. The minimum Gasteiger partial charge on any atom is -0.492 e. The van der Waals surface area contributed by atoms with Gasteiger partial charge in [-0.25, -0.2) is 0 Å². The molecule has 1 N–H and O–H groups in total. The first-order valence-corrected chi connectivity index (χ1v) is 11.0. The largest absolute Gasteiger partial charge is 0.492 e. The van der Waals surface area contributed by atoms with E-state index in [1.807, 2.05) is 65.3 Å². The van der Waals surface area contributed by atoms with E-state index in [0.29, 0.717) is 30.3 Å².